The highest BCUT2D eigenvalue weighted by atomic mass is 19.4. The minimum atomic E-state index is -4.51. The molecular formula is C11H17F3O4. The Labute approximate surface area is 103 Å². The molecule has 0 spiro atoms. The van der Waals surface area contributed by atoms with Gasteiger partial charge in [-0.3, -0.25) is 9.59 Å². The number of esters is 1. The molecule has 0 saturated carbocycles. The van der Waals surface area contributed by atoms with Gasteiger partial charge in [-0.05, 0) is 19.3 Å². The first-order valence-electron chi connectivity index (χ1n) is 5.55. The quantitative estimate of drug-likeness (QED) is 0.595. The van der Waals surface area contributed by atoms with Crippen LogP contribution in [-0.4, -0.2) is 29.8 Å². The minimum Gasteiger partial charge on any atom is -0.480 e. The molecule has 0 heterocycles. The van der Waals surface area contributed by atoms with Crippen molar-refractivity contribution in [3.8, 4) is 0 Å². The molecule has 0 aliphatic rings. The van der Waals surface area contributed by atoms with Crippen molar-refractivity contribution in [1.29, 1.82) is 0 Å². The van der Waals surface area contributed by atoms with Crippen molar-refractivity contribution < 1.29 is 32.6 Å². The number of alkyl halides is 3. The minimum absolute atomic E-state index is 0.0768. The van der Waals surface area contributed by atoms with E-state index in [4.69, 9.17) is 5.11 Å². The molecule has 0 aromatic carbocycles. The second-order valence-corrected chi connectivity index (χ2v) is 4.27. The molecule has 0 saturated heterocycles. The first-order chi connectivity index (χ1) is 8.08. The lowest BCUT2D eigenvalue weighted by Gasteiger charge is -2.31. The second-order valence-electron chi connectivity index (χ2n) is 4.27. The molecule has 0 fully saturated rings. The van der Waals surface area contributed by atoms with Crippen molar-refractivity contribution in [2.75, 3.05) is 6.61 Å². The fourth-order valence-corrected chi connectivity index (χ4v) is 1.67. The zero-order chi connectivity index (χ0) is 14.6. The standard InChI is InChI=1S/C11H17F3O4/c1-4-18-9(17)10(7(2)3,8(15)16)5-6-11(12,13)14/h7H,4-6H2,1-3H3,(H,15,16). The number of carbonyl (C=O) groups excluding carboxylic acids is 1. The van der Waals surface area contributed by atoms with Crippen LogP contribution in [0, 0.1) is 11.3 Å². The van der Waals surface area contributed by atoms with Gasteiger partial charge in [0.15, 0.2) is 5.41 Å². The highest BCUT2D eigenvalue weighted by molar-refractivity contribution is 5.99. The number of carboxylic acid groups (broad SMARTS) is 1. The largest absolute Gasteiger partial charge is 0.480 e. The fraction of sp³-hybridized carbons (Fsp3) is 0.818. The molecule has 18 heavy (non-hydrogen) atoms. The molecular weight excluding hydrogens is 253 g/mol. The van der Waals surface area contributed by atoms with Gasteiger partial charge in [-0.15, -0.1) is 0 Å². The second kappa shape index (κ2) is 6.06. The van der Waals surface area contributed by atoms with Crippen LogP contribution in [0.3, 0.4) is 0 Å². The van der Waals surface area contributed by atoms with Gasteiger partial charge in [0.05, 0.1) is 6.61 Å². The van der Waals surface area contributed by atoms with Crippen LogP contribution >= 0.6 is 0 Å². The SMILES string of the molecule is CCOC(=O)C(CCC(F)(F)F)(C(=O)O)C(C)C. The third kappa shape index (κ3) is 3.89. The first-order valence-corrected chi connectivity index (χ1v) is 5.55. The van der Waals surface area contributed by atoms with Gasteiger partial charge in [0.1, 0.15) is 0 Å². The summed E-state index contributed by atoms with van der Waals surface area (Å²) in [6.45, 7) is 4.17. The normalized spacial score (nSPS) is 15.3. The van der Waals surface area contributed by atoms with E-state index in [0.717, 1.165) is 0 Å². The molecule has 1 unspecified atom stereocenters. The lowest BCUT2D eigenvalue weighted by molar-refractivity contribution is -0.179. The van der Waals surface area contributed by atoms with E-state index in [9.17, 15) is 22.8 Å². The first kappa shape index (κ1) is 16.7. The van der Waals surface area contributed by atoms with Crippen molar-refractivity contribution in [2.24, 2.45) is 11.3 Å². The summed E-state index contributed by atoms with van der Waals surface area (Å²) in [7, 11) is 0. The molecule has 0 rings (SSSR count). The van der Waals surface area contributed by atoms with E-state index in [1.165, 1.54) is 20.8 Å². The van der Waals surface area contributed by atoms with E-state index in [2.05, 4.69) is 4.74 Å². The lowest BCUT2D eigenvalue weighted by atomic mass is 9.73. The summed E-state index contributed by atoms with van der Waals surface area (Å²) in [5.74, 6) is -3.49. The van der Waals surface area contributed by atoms with Crippen LogP contribution in [0.4, 0.5) is 13.2 Å². The van der Waals surface area contributed by atoms with Gasteiger partial charge in [0.25, 0.3) is 0 Å². The van der Waals surface area contributed by atoms with Crippen LogP contribution in [-0.2, 0) is 14.3 Å². The number of rotatable bonds is 6. The summed E-state index contributed by atoms with van der Waals surface area (Å²) >= 11 is 0. The fourth-order valence-electron chi connectivity index (χ4n) is 1.67. The van der Waals surface area contributed by atoms with Crippen LogP contribution in [0.2, 0.25) is 0 Å². The van der Waals surface area contributed by atoms with E-state index in [1.807, 2.05) is 0 Å². The predicted molar refractivity (Wildman–Crippen MR) is 56.8 cm³/mol. The molecule has 0 amide bonds. The molecule has 0 radical (unpaired) electrons. The molecule has 1 N–H and O–H groups in total. The molecule has 0 bridgehead atoms. The van der Waals surface area contributed by atoms with Crippen LogP contribution in [0.25, 0.3) is 0 Å². The highest BCUT2D eigenvalue weighted by Gasteiger charge is 2.52. The number of aliphatic carboxylic acids is 1. The molecule has 0 aromatic heterocycles. The summed E-state index contributed by atoms with van der Waals surface area (Å²) in [5, 5.41) is 9.12. The number of hydrogen-bond donors (Lipinski definition) is 1. The summed E-state index contributed by atoms with van der Waals surface area (Å²) in [4.78, 5) is 22.9. The topological polar surface area (TPSA) is 63.6 Å². The average molecular weight is 270 g/mol. The predicted octanol–water partition coefficient (Wildman–Crippen LogP) is 2.62. The molecule has 0 aromatic rings. The molecule has 106 valence electrons. The van der Waals surface area contributed by atoms with Crippen molar-refractivity contribution in [2.45, 2.75) is 39.8 Å². The Bertz CT molecular complexity index is 312. The molecule has 4 nitrogen and oxygen atoms in total. The van der Waals surface area contributed by atoms with Gasteiger partial charge in [0.2, 0.25) is 0 Å². The highest BCUT2D eigenvalue weighted by Crippen LogP contribution is 2.38. The van der Waals surface area contributed by atoms with Crippen LogP contribution in [0.5, 0.6) is 0 Å². The van der Waals surface area contributed by atoms with Gasteiger partial charge in [-0.25, -0.2) is 0 Å². The van der Waals surface area contributed by atoms with E-state index >= 15 is 0 Å². The van der Waals surface area contributed by atoms with Crippen LogP contribution in [0.1, 0.15) is 33.6 Å². The van der Waals surface area contributed by atoms with Crippen molar-refractivity contribution in [3.05, 3.63) is 0 Å². The van der Waals surface area contributed by atoms with Gasteiger partial charge >= 0.3 is 18.1 Å². The number of carbonyl (C=O) groups is 2. The Morgan fingerprint density at radius 1 is 1.22 bits per heavy atom. The summed E-state index contributed by atoms with van der Waals surface area (Å²) in [6.07, 6.45) is -6.67. The molecule has 1 atom stereocenters. The molecule has 0 aliphatic carbocycles. The Morgan fingerprint density at radius 3 is 2.00 bits per heavy atom. The smallest absolute Gasteiger partial charge is 0.389 e. The van der Waals surface area contributed by atoms with E-state index in [-0.39, 0.29) is 6.61 Å². The Kier molecular flexibility index (Phi) is 5.63. The zero-order valence-corrected chi connectivity index (χ0v) is 10.5. The third-order valence-electron chi connectivity index (χ3n) is 2.81. The maximum absolute atomic E-state index is 12.2. The van der Waals surface area contributed by atoms with Crippen LogP contribution < -0.4 is 0 Å². The average Bonchev–Trinajstić information content (AvgIpc) is 2.15. The maximum Gasteiger partial charge on any atom is 0.389 e. The Morgan fingerprint density at radius 2 is 1.72 bits per heavy atom. The molecule has 7 heteroatoms. The van der Waals surface area contributed by atoms with E-state index in [0.29, 0.717) is 0 Å². The molecule has 0 aliphatic heterocycles. The maximum atomic E-state index is 12.2. The van der Waals surface area contributed by atoms with E-state index < -0.39 is 42.3 Å². The van der Waals surface area contributed by atoms with Gasteiger partial charge in [-0.2, -0.15) is 13.2 Å². The summed E-state index contributed by atoms with van der Waals surface area (Å²) in [5.41, 5.74) is -2.15. The zero-order valence-electron chi connectivity index (χ0n) is 10.5. The number of carboxylic acids is 1. The van der Waals surface area contributed by atoms with E-state index in [1.54, 1.807) is 0 Å². The number of ether oxygens (including phenoxy) is 1. The van der Waals surface area contributed by atoms with Crippen molar-refractivity contribution in [3.63, 3.8) is 0 Å². The number of halogens is 3. The van der Waals surface area contributed by atoms with Gasteiger partial charge < -0.3 is 9.84 Å². The Balaban J connectivity index is 5.24. The van der Waals surface area contributed by atoms with Crippen molar-refractivity contribution in [1.82, 2.24) is 0 Å². The van der Waals surface area contributed by atoms with Crippen LogP contribution in [0.15, 0.2) is 0 Å². The third-order valence-corrected chi connectivity index (χ3v) is 2.81. The summed E-state index contributed by atoms with van der Waals surface area (Å²) in [6, 6.07) is 0. The van der Waals surface area contributed by atoms with Crippen molar-refractivity contribution >= 4 is 11.9 Å². The van der Waals surface area contributed by atoms with Gasteiger partial charge in [0, 0.05) is 6.42 Å². The Hall–Kier alpha value is -1.27. The number of hydrogen-bond acceptors (Lipinski definition) is 3. The van der Waals surface area contributed by atoms with Gasteiger partial charge in [-0.1, -0.05) is 13.8 Å². The monoisotopic (exact) mass is 270 g/mol. The summed E-state index contributed by atoms with van der Waals surface area (Å²) < 4.78 is 41.3. The lowest BCUT2D eigenvalue weighted by Crippen LogP contribution is -2.45.